The lowest BCUT2D eigenvalue weighted by Crippen LogP contribution is -2.30. The van der Waals surface area contributed by atoms with Crippen LogP contribution in [-0.2, 0) is 0 Å². The fraction of sp³-hybridized carbons (Fsp3) is 0.222. The first-order chi connectivity index (χ1) is 13.1. The highest BCUT2D eigenvalue weighted by Crippen LogP contribution is 2.41. The van der Waals surface area contributed by atoms with Crippen LogP contribution in [0.4, 0.5) is 4.39 Å². The molecule has 0 unspecified atom stereocenters. The van der Waals surface area contributed by atoms with Gasteiger partial charge in [0, 0.05) is 18.9 Å². The number of carbonyl (C=O) groups is 2. The number of imidazole rings is 2. The number of fused-ring (bicyclic) bond motifs is 5. The Balaban J connectivity index is 1.79. The summed E-state index contributed by atoms with van der Waals surface area (Å²) in [5, 5.41) is -0.216. The summed E-state index contributed by atoms with van der Waals surface area (Å²) in [7, 11) is 0. The van der Waals surface area contributed by atoms with E-state index in [4.69, 9.17) is 11.6 Å². The van der Waals surface area contributed by atoms with Crippen molar-refractivity contribution < 1.29 is 14.0 Å². The molecule has 27 heavy (non-hydrogen) atoms. The van der Waals surface area contributed by atoms with Crippen LogP contribution in [0.5, 0.6) is 0 Å². The van der Waals surface area contributed by atoms with Crippen LogP contribution < -0.4 is 0 Å². The molecular weight excluding hydrogens is 373 g/mol. The Kier molecular flexibility index (Phi) is 3.45. The highest BCUT2D eigenvalue weighted by atomic mass is 35.5. The molecule has 9 heteroatoms. The molecule has 0 radical (unpaired) electrons. The Hall–Kier alpha value is -3.00. The number of hydrogen-bond donors (Lipinski definition) is 0. The standard InChI is InChI=1S/C18H13ClFN5O2/c19-14-10(20)3-4-11-13(14)17(26)24-6-1-2-12(24)16-15(22-9-25(11)16)18(27)23-7-5-21-8-23/h3-5,7-9,12H,1-2,6H2/t12-/m0/s1. The summed E-state index contributed by atoms with van der Waals surface area (Å²) < 4.78 is 17.1. The molecule has 0 aliphatic carbocycles. The minimum absolute atomic E-state index is 0.0985. The maximum atomic E-state index is 14.1. The normalized spacial score (nSPS) is 18.1. The third-order valence-corrected chi connectivity index (χ3v) is 5.49. The van der Waals surface area contributed by atoms with Gasteiger partial charge in [0.1, 0.15) is 18.5 Å². The van der Waals surface area contributed by atoms with E-state index in [1.165, 1.54) is 35.6 Å². The van der Waals surface area contributed by atoms with Gasteiger partial charge in [-0.2, -0.15) is 0 Å². The summed E-state index contributed by atoms with van der Waals surface area (Å²) in [5.41, 5.74) is 1.38. The molecule has 1 atom stereocenters. The van der Waals surface area contributed by atoms with Crippen LogP contribution in [0.15, 0.2) is 37.2 Å². The van der Waals surface area contributed by atoms with Crippen molar-refractivity contribution in [2.75, 3.05) is 6.54 Å². The van der Waals surface area contributed by atoms with Gasteiger partial charge in [-0.1, -0.05) is 11.6 Å². The van der Waals surface area contributed by atoms with E-state index in [-0.39, 0.29) is 34.1 Å². The zero-order chi connectivity index (χ0) is 18.7. The van der Waals surface area contributed by atoms with E-state index in [1.54, 1.807) is 15.7 Å². The van der Waals surface area contributed by atoms with E-state index in [2.05, 4.69) is 9.97 Å². The second kappa shape index (κ2) is 5.75. The summed E-state index contributed by atoms with van der Waals surface area (Å²) >= 11 is 6.15. The maximum Gasteiger partial charge on any atom is 0.283 e. The average Bonchev–Trinajstić information content (AvgIpc) is 3.41. The molecule has 3 aromatic rings. The maximum absolute atomic E-state index is 14.1. The first-order valence-corrected chi connectivity index (χ1v) is 8.85. The van der Waals surface area contributed by atoms with Gasteiger partial charge >= 0.3 is 0 Å². The van der Waals surface area contributed by atoms with Gasteiger partial charge < -0.3 is 4.90 Å². The molecule has 5 rings (SSSR count). The first-order valence-electron chi connectivity index (χ1n) is 8.47. The van der Waals surface area contributed by atoms with Crippen molar-refractivity contribution >= 4 is 23.4 Å². The van der Waals surface area contributed by atoms with Crippen molar-refractivity contribution in [2.45, 2.75) is 18.9 Å². The molecular formula is C18H13ClFN5O2. The SMILES string of the molecule is O=C1c2c(ccc(F)c2Cl)-n2cnc(C(=O)n3ccnc3)c2[C@@H]2CCCN12. The predicted molar refractivity (Wildman–Crippen MR) is 93.5 cm³/mol. The van der Waals surface area contributed by atoms with Gasteiger partial charge in [0.05, 0.1) is 28.0 Å². The summed E-state index contributed by atoms with van der Waals surface area (Å²) in [5.74, 6) is -1.32. The highest BCUT2D eigenvalue weighted by Gasteiger charge is 2.41. The van der Waals surface area contributed by atoms with Crippen molar-refractivity contribution in [2.24, 2.45) is 0 Å². The molecule has 0 bridgehead atoms. The van der Waals surface area contributed by atoms with Crippen LogP contribution in [0, 0.1) is 5.82 Å². The zero-order valence-electron chi connectivity index (χ0n) is 14.0. The summed E-state index contributed by atoms with van der Waals surface area (Å²) in [6.45, 7) is 0.514. The van der Waals surface area contributed by atoms with E-state index in [0.29, 0.717) is 24.3 Å². The highest BCUT2D eigenvalue weighted by molar-refractivity contribution is 6.34. The molecule has 2 aliphatic heterocycles. The number of aromatic nitrogens is 4. The van der Waals surface area contributed by atoms with E-state index in [0.717, 1.165) is 6.42 Å². The average molecular weight is 386 g/mol. The smallest absolute Gasteiger partial charge is 0.283 e. The fourth-order valence-electron chi connectivity index (χ4n) is 3.92. The van der Waals surface area contributed by atoms with Crippen LogP contribution >= 0.6 is 11.6 Å². The number of rotatable bonds is 1. The van der Waals surface area contributed by atoms with Gasteiger partial charge in [0.15, 0.2) is 5.69 Å². The Bertz CT molecular complexity index is 1090. The topological polar surface area (TPSA) is 73.0 Å². The molecule has 2 aromatic heterocycles. The van der Waals surface area contributed by atoms with Gasteiger partial charge in [-0.25, -0.2) is 14.4 Å². The Morgan fingerprint density at radius 1 is 1.30 bits per heavy atom. The number of hydrogen-bond acceptors (Lipinski definition) is 4. The molecule has 1 aromatic carbocycles. The van der Waals surface area contributed by atoms with Crippen molar-refractivity contribution in [3.63, 3.8) is 0 Å². The van der Waals surface area contributed by atoms with Crippen LogP contribution in [0.1, 0.15) is 45.4 Å². The van der Waals surface area contributed by atoms with E-state index in [9.17, 15) is 14.0 Å². The quantitative estimate of drug-likeness (QED) is 0.645. The molecule has 0 saturated carbocycles. The van der Waals surface area contributed by atoms with Crippen molar-refractivity contribution in [1.82, 2.24) is 24.0 Å². The van der Waals surface area contributed by atoms with Crippen LogP contribution in [-0.4, -0.2) is 42.4 Å². The third kappa shape index (κ3) is 2.19. The second-order valence-electron chi connectivity index (χ2n) is 6.54. The van der Waals surface area contributed by atoms with Crippen LogP contribution in [0.25, 0.3) is 5.69 Å². The summed E-state index contributed by atoms with van der Waals surface area (Å²) in [6.07, 6.45) is 7.42. The second-order valence-corrected chi connectivity index (χ2v) is 6.91. The van der Waals surface area contributed by atoms with Crippen molar-refractivity contribution in [3.05, 3.63) is 65.0 Å². The molecule has 1 saturated heterocycles. The lowest BCUT2D eigenvalue weighted by Gasteiger charge is -2.23. The summed E-state index contributed by atoms with van der Waals surface area (Å²) in [6, 6.07) is 2.38. The van der Waals surface area contributed by atoms with E-state index in [1.807, 2.05) is 0 Å². The van der Waals surface area contributed by atoms with Gasteiger partial charge in [-0.15, -0.1) is 0 Å². The Morgan fingerprint density at radius 2 is 2.15 bits per heavy atom. The molecule has 1 amide bonds. The Morgan fingerprint density at radius 3 is 2.93 bits per heavy atom. The van der Waals surface area contributed by atoms with Gasteiger partial charge in [-0.05, 0) is 25.0 Å². The summed E-state index contributed by atoms with van der Waals surface area (Å²) in [4.78, 5) is 35.9. The lowest BCUT2D eigenvalue weighted by atomic mass is 10.1. The molecule has 7 nitrogen and oxygen atoms in total. The monoisotopic (exact) mass is 385 g/mol. The lowest BCUT2D eigenvalue weighted by molar-refractivity contribution is 0.0735. The van der Waals surface area contributed by atoms with Gasteiger partial charge in [0.25, 0.3) is 11.8 Å². The zero-order valence-corrected chi connectivity index (χ0v) is 14.7. The van der Waals surface area contributed by atoms with Gasteiger partial charge in [-0.3, -0.25) is 18.7 Å². The van der Waals surface area contributed by atoms with Crippen LogP contribution in [0.2, 0.25) is 5.02 Å². The molecule has 2 aliphatic rings. The number of halogens is 2. The minimum Gasteiger partial charge on any atom is -0.330 e. The number of benzene rings is 1. The van der Waals surface area contributed by atoms with Crippen molar-refractivity contribution in [1.29, 1.82) is 0 Å². The number of amides is 1. The van der Waals surface area contributed by atoms with E-state index < -0.39 is 5.82 Å². The molecule has 4 heterocycles. The molecule has 0 spiro atoms. The molecule has 136 valence electrons. The van der Waals surface area contributed by atoms with E-state index >= 15 is 0 Å². The van der Waals surface area contributed by atoms with Crippen molar-refractivity contribution in [3.8, 4) is 5.69 Å². The third-order valence-electron chi connectivity index (χ3n) is 5.12. The largest absolute Gasteiger partial charge is 0.330 e. The van der Waals surface area contributed by atoms with Gasteiger partial charge in [0.2, 0.25) is 0 Å². The predicted octanol–water partition coefficient (Wildman–Crippen LogP) is 2.84. The molecule has 1 fully saturated rings. The number of nitrogens with zero attached hydrogens (tertiary/aromatic N) is 5. The Labute approximate surface area is 158 Å². The molecule has 0 N–H and O–H groups in total. The number of carbonyl (C=O) groups excluding carboxylic acids is 2. The fourth-order valence-corrected chi connectivity index (χ4v) is 4.16. The first kappa shape index (κ1) is 16.2. The van der Waals surface area contributed by atoms with Crippen LogP contribution in [0.3, 0.4) is 0 Å². The minimum atomic E-state index is -0.655.